The van der Waals surface area contributed by atoms with E-state index in [0.29, 0.717) is 0 Å². The Kier molecular flexibility index (Phi) is 2.80. The lowest BCUT2D eigenvalue weighted by Gasteiger charge is -2.11. The van der Waals surface area contributed by atoms with Gasteiger partial charge in [0.25, 0.3) is 0 Å². The maximum Gasteiger partial charge on any atom is 0.573 e. The van der Waals surface area contributed by atoms with E-state index in [1.54, 1.807) is 0 Å². The summed E-state index contributed by atoms with van der Waals surface area (Å²) in [7, 11) is 0. The second-order valence-corrected chi connectivity index (χ2v) is 3.02. The minimum atomic E-state index is -4.78. The normalized spacial score (nSPS) is 11.5. The molecule has 0 aliphatic carbocycles. The highest BCUT2D eigenvalue weighted by atomic mass is 35.5. The van der Waals surface area contributed by atoms with Crippen LogP contribution in [0.3, 0.4) is 0 Å². The van der Waals surface area contributed by atoms with E-state index in [1.807, 2.05) is 0 Å². The van der Waals surface area contributed by atoms with Gasteiger partial charge in [0.2, 0.25) is 0 Å². The Balaban J connectivity index is 3.04. The van der Waals surface area contributed by atoms with E-state index < -0.39 is 12.1 Å². The Morgan fingerprint density at radius 1 is 1.36 bits per heavy atom. The molecule has 0 aromatic heterocycles. The Morgan fingerprint density at radius 3 is 2.43 bits per heavy atom. The first-order valence-corrected chi connectivity index (χ1v) is 3.92. The quantitative estimate of drug-likeness (QED) is 0.797. The van der Waals surface area contributed by atoms with Gasteiger partial charge in [-0.15, -0.1) is 13.2 Å². The van der Waals surface area contributed by atoms with Gasteiger partial charge < -0.3 is 9.84 Å². The van der Waals surface area contributed by atoms with E-state index in [0.717, 1.165) is 12.1 Å². The van der Waals surface area contributed by atoms with Crippen molar-refractivity contribution in [1.82, 2.24) is 0 Å². The highest BCUT2D eigenvalue weighted by Crippen LogP contribution is 2.34. The number of aromatic hydroxyl groups is 1. The molecular weight excluding hydrogens is 221 g/mol. The summed E-state index contributed by atoms with van der Waals surface area (Å²) >= 11 is 5.42. The molecule has 0 bridgehead atoms. The number of hydrogen-bond acceptors (Lipinski definition) is 2. The molecule has 1 aromatic carbocycles. The van der Waals surface area contributed by atoms with Gasteiger partial charge in [0.05, 0.1) is 5.02 Å². The zero-order chi connectivity index (χ0) is 10.9. The summed E-state index contributed by atoms with van der Waals surface area (Å²) < 4.78 is 39.1. The average molecular weight is 227 g/mol. The van der Waals surface area contributed by atoms with Crippen LogP contribution in [0.4, 0.5) is 13.2 Å². The van der Waals surface area contributed by atoms with Crippen molar-refractivity contribution < 1.29 is 23.0 Å². The van der Waals surface area contributed by atoms with Gasteiger partial charge in [-0.1, -0.05) is 11.6 Å². The van der Waals surface area contributed by atoms with Gasteiger partial charge in [-0.25, -0.2) is 0 Å². The predicted molar refractivity (Wildman–Crippen MR) is 44.5 cm³/mol. The SMILES string of the molecule is Cc1cc(OC(F)(F)F)c(Cl)cc1O. The first-order chi connectivity index (χ1) is 6.29. The van der Waals surface area contributed by atoms with Crippen LogP contribution in [0.5, 0.6) is 11.5 Å². The molecule has 2 nitrogen and oxygen atoms in total. The fourth-order valence-corrected chi connectivity index (χ4v) is 1.04. The lowest BCUT2D eigenvalue weighted by molar-refractivity contribution is -0.274. The fraction of sp³-hybridized carbons (Fsp3) is 0.250. The molecule has 1 aromatic rings. The summed E-state index contributed by atoms with van der Waals surface area (Å²) in [5.74, 6) is -0.695. The minimum Gasteiger partial charge on any atom is -0.508 e. The molecule has 0 spiro atoms. The van der Waals surface area contributed by atoms with Crippen LogP contribution < -0.4 is 4.74 Å². The molecule has 0 saturated heterocycles. The van der Waals surface area contributed by atoms with Crippen molar-refractivity contribution in [2.45, 2.75) is 13.3 Å². The molecule has 0 amide bonds. The van der Waals surface area contributed by atoms with Crippen LogP contribution in [0.15, 0.2) is 12.1 Å². The highest BCUT2D eigenvalue weighted by molar-refractivity contribution is 6.32. The molecule has 0 atom stereocenters. The third-order valence-electron chi connectivity index (χ3n) is 1.48. The molecule has 0 aliphatic heterocycles. The molecule has 1 N–H and O–H groups in total. The van der Waals surface area contributed by atoms with Gasteiger partial charge in [0, 0.05) is 6.07 Å². The fourth-order valence-electron chi connectivity index (χ4n) is 0.847. The molecule has 6 heteroatoms. The summed E-state index contributed by atoms with van der Waals surface area (Å²) in [6.45, 7) is 1.44. The van der Waals surface area contributed by atoms with Crippen LogP contribution in [0.25, 0.3) is 0 Å². The van der Waals surface area contributed by atoms with Crippen LogP contribution in [-0.4, -0.2) is 11.5 Å². The lowest BCUT2D eigenvalue weighted by atomic mass is 10.2. The van der Waals surface area contributed by atoms with Crippen molar-refractivity contribution in [3.63, 3.8) is 0 Å². The summed E-state index contributed by atoms with van der Waals surface area (Å²) in [5, 5.41) is 8.81. The minimum absolute atomic E-state index is 0.176. The largest absolute Gasteiger partial charge is 0.573 e. The maximum absolute atomic E-state index is 11.8. The van der Waals surface area contributed by atoms with E-state index >= 15 is 0 Å². The monoisotopic (exact) mass is 226 g/mol. The van der Waals surface area contributed by atoms with Crippen LogP contribution >= 0.6 is 11.6 Å². The summed E-state index contributed by atoms with van der Waals surface area (Å²) in [6.07, 6.45) is -4.78. The predicted octanol–water partition coefficient (Wildman–Crippen LogP) is 3.25. The van der Waals surface area contributed by atoms with Gasteiger partial charge in [0.1, 0.15) is 11.5 Å². The molecule has 0 radical (unpaired) electrons. The van der Waals surface area contributed by atoms with Crippen molar-refractivity contribution in [1.29, 1.82) is 0 Å². The zero-order valence-corrected chi connectivity index (χ0v) is 7.78. The molecule has 1 rings (SSSR count). The van der Waals surface area contributed by atoms with Crippen molar-refractivity contribution in [3.8, 4) is 11.5 Å². The highest BCUT2D eigenvalue weighted by Gasteiger charge is 2.32. The molecular formula is C8H6ClF3O2. The van der Waals surface area contributed by atoms with Gasteiger partial charge in [-0.05, 0) is 18.6 Å². The van der Waals surface area contributed by atoms with Crippen molar-refractivity contribution in [2.75, 3.05) is 0 Å². The number of phenolic OH excluding ortho intramolecular Hbond substituents is 1. The van der Waals surface area contributed by atoms with Crippen molar-refractivity contribution in [2.24, 2.45) is 0 Å². The molecule has 0 saturated carbocycles. The lowest BCUT2D eigenvalue weighted by Crippen LogP contribution is -2.17. The van der Waals surface area contributed by atoms with Crippen molar-refractivity contribution >= 4 is 11.6 Å². The second kappa shape index (κ2) is 3.57. The third kappa shape index (κ3) is 2.70. The van der Waals surface area contributed by atoms with Gasteiger partial charge in [0.15, 0.2) is 0 Å². The Morgan fingerprint density at radius 2 is 1.93 bits per heavy atom. The van der Waals surface area contributed by atoms with Crippen LogP contribution in [0.1, 0.15) is 5.56 Å². The number of ether oxygens (including phenoxy) is 1. The van der Waals surface area contributed by atoms with E-state index in [4.69, 9.17) is 16.7 Å². The molecule has 78 valence electrons. The number of hydrogen-bond donors (Lipinski definition) is 1. The molecule has 0 aliphatic rings. The first kappa shape index (κ1) is 11.0. The maximum atomic E-state index is 11.8. The standard InChI is InChI=1S/C8H6ClF3O2/c1-4-2-7(14-8(10,11)12)5(9)3-6(4)13/h2-3,13H,1H3. The molecule has 0 unspecified atom stereocenters. The van der Waals surface area contributed by atoms with Gasteiger partial charge >= 0.3 is 6.36 Å². The van der Waals surface area contributed by atoms with Crippen LogP contribution in [0, 0.1) is 6.92 Å². The number of halogens is 4. The average Bonchev–Trinajstić information content (AvgIpc) is 1.97. The molecule has 0 heterocycles. The molecule has 0 fully saturated rings. The smallest absolute Gasteiger partial charge is 0.508 e. The zero-order valence-electron chi connectivity index (χ0n) is 7.02. The number of alkyl halides is 3. The number of benzene rings is 1. The second-order valence-electron chi connectivity index (χ2n) is 2.62. The van der Waals surface area contributed by atoms with E-state index in [2.05, 4.69) is 4.74 Å². The Bertz CT molecular complexity index is 349. The summed E-state index contributed by atoms with van der Waals surface area (Å²) in [5.41, 5.74) is 0.258. The Hall–Kier alpha value is -1.10. The van der Waals surface area contributed by atoms with E-state index in [1.165, 1.54) is 6.92 Å². The van der Waals surface area contributed by atoms with Crippen LogP contribution in [-0.2, 0) is 0 Å². The number of rotatable bonds is 1. The summed E-state index contributed by atoms with van der Waals surface area (Å²) in [4.78, 5) is 0. The van der Waals surface area contributed by atoms with Gasteiger partial charge in [-0.3, -0.25) is 0 Å². The van der Waals surface area contributed by atoms with Crippen molar-refractivity contribution in [3.05, 3.63) is 22.7 Å². The van der Waals surface area contributed by atoms with E-state index in [-0.39, 0.29) is 16.3 Å². The van der Waals surface area contributed by atoms with Gasteiger partial charge in [-0.2, -0.15) is 0 Å². The third-order valence-corrected chi connectivity index (χ3v) is 1.77. The Labute approximate surface area is 82.9 Å². The topological polar surface area (TPSA) is 29.5 Å². The molecule has 14 heavy (non-hydrogen) atoms. The first-order valence-electron chi connectivity index (χ1n) is 3.54. The number of phenols is 1. The van der Waals surface area contributed by atoms with E-state index in [9.17, 15) is 13.2 Å². The van der Waals surface area contributed by atoms with Crippen LogP contribution in [0.2, 0.25) is 5.02 Å². The summed E-state index contributed by atoms with van der Waals surface area (Å²) in [6, 6.07) is 2.02. The number of aryl methyl sites for hydroxylation is 1.